The molecule has 1 N–H and O–H groups in total. The van der Waals surface area contributed by atoms with E-state index in [2.05, 4.69) is 0 Å². The van der Waals surface area contributed by atoms with Crippen LogP contribution < -0.4 is 0 Å². The Morgan fingerprint density at radius 2 is 1.00 bits per heavy atom. The molecule has 0 amide bonds. The third kappa shape index (κ3) is 1.25. The molecule has 8 nitrogen and oxygen atoms in total. The van der Waals surface area contributed by atoms with Crippen LogP contribution in [-0.2, 0) is 73.0 Å². The van der Waals surface area contributed by atoms with Crippen LogP contribution in [0.2, 0.25) is 4.35 Å². The molecule has 0 rings (SSSR count). The molecule has 1 atom stereocenters. The maximum atomic E-state index is 12.7. The maximum Gasteiger partial charge on any atom is 0 e. The minimum absolute atomic E-state index is 0. The van der Waals surface area contributed by atoms with Gasteiger partial charge in [0, 0.05) is 33.6 Å². The van der Waals surface area contributed by atoms with Gasteiger partial charge in [0.2, 0.25) is 0 Å². The van der Waals surface area contributed by atoms with Crippen molar-refractivity contribution in [2.45, 2.75) is 38.1 Å². The van der Waals surface area contributed by atoms with Crippen molar-refractivity contribution < 1.29 is 78.1 Å². The quantitative estimate of drug-likeness (QED) is 0.526. The van der Waals surface area contributed by atoms with Gasteiger partial charge in [-0.15, -0.1) is 0 Å². The van der Waals surface area contributed by atoms with E-state index in [1.54, 1.807) is 0 Å². The summed E-state index contributed by atoms with van der Waals surface area (Å²) in [5, 5.41) is 9.58. The maximum absolute atomic E-state index is 12.7. The zero-order valence-corrected chi connectivity index (χ0v) is 16.0. The van der Waals surface area contributed by atoms with Crippen LogP contribution in [0.1, 0.15) is 27.7 Å². The molecule has 0 aromatic carbocycles. The van der Waals surface area contributed by atoms with Gasteiger partial charge in [0.15, 0.2) is 0 Å². The van der Waals surface area contributed by atoms with E-state index in [0.29, 0.717) is 56.6 Å². The fraction of sp³-hybridized carbons (Fsp3) is 0.462. The number of hydrogen-bond donors (Lipinski definition) is 1. The Kier molecular flexibility index (Phi) is 5.29. The smallest absolute Gasteiger partial charge is 0 e. The molecule has 1 unspecified atom stereocenters. The van der Waals surface area contributed by atoms with Gasteiger partial charge in [-0.05, 0) is 0 Å². The zero-order valence-electron chi connectivity index (χ0n) is 12.9. The standard InChI is InChI=1S/C4H9.C3H5O2.6CO.3Co/c1-4(2)3;1-3(5)2-4;6*1-2;;;/h1-3H3;3,5H,1H3;;;;;;;;;. The molecule has 0 aromatic heterocycles. The van der Waals surface area contributed by atoms with Gasteiger partial charge in [-0.3, -0.25) is 0 Å². The predicted molar refractivity (Wildman–Crippen MR) is 70.6 cm³/mol. The van der Waals surface area contributed by atoms with Crippen LogP contribution in [-0.4, -0.2) is 44.9 Å². The normalized spacial score (nSPS) is 17.9. The fourth-order valence-electron chi connectivity index (χ4n) is 1.76. The molecule has 0 saturated heterocycles. The number of carbonyl (C=O) groups is 1. The molecule has 0 aromatic rings. The third-order valence-electron chi connectivity index (χ3n) is 4.06. The van der Waals surface area contributed by atoms with E-state index in [4.69, 9.17) is 0 Å². The summed E-state index contributed by atoms with van der Waals surface area (Å²) >= 11 is 0. The monoisotopic (exact) mass is 475 g/mol. The van der Waals surface area contributed by atoms with E-state index < -0.39 is 21.0 Å². The van der Waals surface area contributed by atoms with Crippen LogP contribution in [0.5, 0.6) is 0 Å². The van der Waals surface area contributed by atoms with Crippen molar-refractivity contribution in [2.75, 3.05) is 0 Å². The number of carbonyl (C=O) groups excluding carboxylic acids is 7. The van der Waals surface area contributed by atoms with Gasteiger partial charge >= 0.3 is 116 Å². The van der Waals surface area contributed by atoms with Crippen molar-refractivity contribution in [1.82, 2.24) is 0 Å². The average molecular weight is 475 g/mol. The summed E-state index contributed by atoms with van der Waals surface area (Å²) in [5.41, 5.74) is 0. The van der Waals surface area contributed by atoms with Crippen LogP contribution in [0.3, 0.4) is 0 Å². The van der Waals surface area contributed by atoms with Crippen LogP contribution in [0.15, 0.2) is 0 Å². The van der Waals surface area contributed by atoms with E-state index in [9.17, 15) is 38.7 Å². The Hall–Kier alpha value is -1.37. The summed E-state index contributed by atoms with van der Waals surface area (Å²) in [6, 6.07) is 0. The molecule has 0 aliphatic rings. The molecule has 0 heterocycles. The molecular formula is C13H14Co3O8. The molecule has 141 valence electrons. The largest absolute Gasteiger partial charge is 0 e. The Bertz CT molecular complexity index is 1360. The molecule has 0 spiro atoms. The first-order chi connectivity index (χ1) is 9.69. The topological polar surface area (TPSA) is 140 Å². The van der Waals surface area contributed by atoms with Crippen molar-refractivity contribution in [2.24, 2.45) is 0 Å². The molecule has 0 aliphatic heterocycles. The fourth-order valence-corrected chi connectivity index (χ4v) is 7.24. The molecule has 2 radical (unpaired) electrons. The number of aliphatic hydroxyl groups excluding tert-OH is 1. The zero-order chi connectivity index (χ0) is 18.3. The summed E-state index contributed by atoms with van der Waals surface area (Å²) in [6.45, 7) is 2.76. The molecule has 0 bridgehead atoms. The van der Waals surface area contributed by atoms with E-state index in [0.717, 1.165) is 0 Å². The Balaban J connectivity index is -0.00000220. The van der Waals surface area contributed by atoms with Crippen molar-refractivity contribution in [1.29, 1.82) is 0 Å². The minimum atomic E-state index is -9.47. The molecular weight excluding hydrogens is 461 g/mol. The minimum Gasteiger partial charge on any atom is 0 e. The molecule has 0 fully saturated rings. The molecule has 0 saturated carbocycles. The summed E-state index contributed by atoms with van der Waals surface area (Å²) in [5.74, 6) is -9.47. The summed E-state index contributed by atoms with van der Waals surface area (Å²) in [6.07, 6.45) is -2.48. The van der Waals surface area contributed by atoms with Crippen molar-refractivity contribution in [3.63, 3.8) is 0 Å². The number of rotatable bonds is 2. The molecule has 0 aliphatic carbocycles. The van der Waals surface area contributed by atoms with Gasteiger partial charge in [0.1, 0.15) is 0 Å². The Labute approximate surface area is 149 Å². The number of aliphatic hydroxyl groups is 1. The van der Waals surface area contributed by atoms with Crippen LogP contribution in [0.4, 0.5) is 0 Å². The Morgan fingerprint density at radius 3 is 1.04 bits per heavy atom. The van der Waals surface area contributed by atoms with Crippen molar-refractivity contribution >= 4 is 33.7 Å². The first-order valence-corrected chi connectivity index (χ1v) is 9.55. The third-order valence-corrected chi connectivity index (χ3v) is 16.2. The van der Waals surface area contributed by atoms with E-state index in [1.165, 1.54) is 0 Å². The predicted octanol–water partition coefficient (Wildman–Crippen LogP) is -1.19. The average Bonchev–Trinajstić information content (AvgIpc) is 2.53. The van der Waals surface area contributed by atoms with E-state index in [-0.39, 0.29) is 33.6 Å². The number of hydrogen-bond acceptors (Lipinski definition) is 8. The second-order valence-electron chi connectivity index (χ2n) is 5.70. The van der Waals surface area contributed by atoms with Gasteiger partial charge in [0.25, 0.3) is 0 Å². The first kappa shape index (κ1) is 27.5. The Morgan fingerprint density at radius 1 is 0.792 bits per heavy atom. The van der Waals surface area contributed by atoms with Gasteiger partial charge in [-0.25, -0.2) is 0 Å². The summed E-state index contributed by atoms with van der Waals surface area (Å²) < 4.78 is -5.08. The van der Waals surface area contributed by atoms with Crippen molar-refractivity contribution in [3.05, 3.63) is 0 Å². The van der Waals surface area contributed by atoms with E-state index in [1.807, 2.05) is 0 Å². The van der Waals surface area contributed by atoms with Crippen LogP contribution in [0.25, 0.3) is 0 Å². The summed E-state index contributed by atoms with van der Waals surface area (Å²) in [4.78, 5) is 87.4. The van der Waals surface area contributed by atoms with Gasteiger partial charge < -0.3 is 0 Å². The SMILES string of the molecule is CC(O)[C](=O)[Co](=[C]=O)(=[C]=O)(=[C]=O)(=[C]=O)(=[C]=O)(=[C]=O)[C](C)(C)C.[Co].[Co]. The van der Waals surface area contributed by atoms with Gasteiger partial charge in [-0.2, -0.15) is 0 Å². The molecule has 24 heavy (non-hydrogen) atoms. The second-order valence-corrected chi connectivity index (χ2v) is 16.3. The second kappa shape index (κ2) is 4.62. The van der Waals surface area contributed by atoms with Crippen molar-refractivity contribution in [3.8, 4) is 0 Å². The first-order valence-electron chi connectivity index (χ1n) is 5.39. The van der Waals surface area contributed by atoms with E-state index >= 15 is 0 Å². The van der Waals surface area contributed by atoms with Crippen LogP contribution >= 0.6 is 0 Å². The van der Waals surface area contributed by atoms with Crippen LogP contribution in [0, 0.1) is 0 Å². The van der Waals surface area contributed by atoms with Gasteiger partial charge in [0.05, 0.1) is 0 Å². The summed E-state index contributed by atoms with van der Waals surface area (Å²) in [7, 11) is 0. The molecule has 11 heteroatoms. The van der Waals surface area contributed by atoms with Gasteiger partial charge in [-0.1, -0.05) is 0 Å².